The Morgan fingerprint density at radius 2 is 2.20 bits per heavy atom. The lowest BCUT2D eigenvalue weighted by molar-refractivity contribution is -0.144. The molecular formula is C11H13NO6S2. The number of carboxylic acids is 1. The van der Waals surface area contributed by atoms with E-state index in [1.54, 1.807) is 0 Å². The fourth-order valence-electron chi connectivity index (χ4n) is 2.10. The van der Waals surface area contributed by atoms with Crippen molar-refractivity contribution in [3.63, 3.8) is 0 Å². The quantitative estimate of drug-likeness (QED) is 0.817. The zero-order valence-electron chi connectivity index (χ0n) is 10.6. The Morgan fingerprint density at radius 1 is 1.50 bits per heavy atom. The maximum atomic E-state index is 12.4. The highest BCUT2D eigenvalue weighted by Crippen LogP contribution is 2.29. The number of thiophene rings is 1. The summed E-state index contributed by atoms with van der Waals surface area (Å²) in [5, 5.41) is 10.4. The first-order chi connectivity index (χ1) is 9.37. The molecule has 7 nitrogen and oxygen atoms in total. The van der Waals surface area contributed by atoms with E-state index in [4.69, 9.17) is 5.11 Å². The van der Waals surface area contributed by atoms with Crippen LogP contribution >= 0.6 is 11.3 Å². The normalized spacial score (nSPS) is 19.9. The van der Waals surface area contributed by atoms with Gasteiger partial charge in [0.1, 0.15) is 9.77 Å². The predicted octanol–water partition coefficient (Wildman–Crippen LogP) is 0.630. The summed E-state index contributed by atoms with van der Waals surface area (Å²) in [5.74, 6) is -2.23. The molecule has 1 saturated heterocycles. The molecule has 9 heteroatoms. The van der Waals surface area contributed by atoms with Crippen LogP contribution in [0.4, 0.5) is 0 Å². The Morgan fingerprint density at radius 3 is 2.80 bits per heavy atom. The summed E-state index contributed by atoms with van der Waals surface area (Å²) < 4.78 is 30.5. The van der Waals surface area contributed by atoms with Crippen LogP contribution < -0.4 is 0 Å². The molecule has 0 bridgehead atoms. The minimum Gasteiger partial charge on any atom is -0.477 e. The number of esters is 1. The SMILES string of the molecule is COC(=O)C1CCN(S(=O)(=O)c2ccsc2C(=O)O)C1. The van der Waals surface area contributed by atoms with Crippen LogP contribution in [0.25, 0.3) is 0 Å². The molecular weight excluding hydrogens is 306 g/mol. The van der Waals surface area contributed by atoms with Crippen molar-refractivity contribution < 1.29 is 27.9 Å². The Balaban J connectivity index is 2.26. The number of hydrogen-bond acceptors (Lipinski definition) is 6. The number of methoxy groups -OCH3 is 1. The molecule has 1 aliphatic heterocycles. The van der Waals surface area contributed by atoms with Crippen molar-refractivity contribution in [1.82, 2.24) is 4.31 Å². The molecule has 0 aromatic carbocycles. The molecule has 2 heterocycles. The zero-order chi connectivity index (χ0) is 14.9. The van der Waals surface area contributed by atoms with Gasteiger partial charge in [-0.25, -0.2) is 13.2 Å². The van der Waals surface area contributed by atoms with Crippen LogP contribution in [0.15, 0.2) is 16.3 Å². The first-order valence-corrected chi connectivity index (χ1v) is 8.08. The van der Waals surface area contributed by atoms with Crippen LogP contribution in [-0.4, -0.2) is 50.0 Å². The number of carbonyl (C=O) groups excluding carboxylic acids is 1. The van der Waals surface area contributed by atoms with E-state index in [9.17, 15) is 18.0 Å². The molecule has 1 unspecified atom stereocenters. The summed E-state index contributed by atoms with van der Waals surface area (Å²) >= 11 is 0.858. The monoisotopic (exact) mass is 319 g/mol. The molecule has 1 aromatic rings. The van der Waals surface area contributed by atoms with Gasteiger partial charge >= 0.3 is 11.9 Å². The second kappa shape index (κ2) is 5.51. The van der Waals surface area contributed by atoms with Crippen molar-refractivity contribution in [3.05, 3.63) is 16.3 Å². The highest BCUT2D eigenvalue weighted by molar-refractivity contribution is 7.89. The lowest BCUT2D eigenvalue weighted by Gasteiger charge is -2.15. The average Bonchev–Trinajstić information content (AvgIpc) is 3.06. The van der Waals surface area contributed by atoms with Crippen LogP contribution in [0, 0.1) is 5.92 Å². The smallest absolute Gasteiger partial charge is 0.347 e. The van der Waals surface area contributed by atoms with Crippen LogP contribution in [0.2, 0.25) is 0 Å². The summed E-state index contributed by atoms with van der Waals surface area (Å²) in [6, 6.07) is 1.27. The molecule has 20 heavy (non-hydrogen) atoms. The number of hydrogen-bond donors (Lipinski definition) is 1. The van der Waals surface area contributed by atoms with Gasteiger partial charge in [0.15, 0.2) is 0 Å². The number of sulfonamides is 1. The van der Waals surface area contributed by atoms with E-state index >= 15 is 0 Å². The molecule has 0 aliphatic carbocycles. The number of ether oxygens (including phenoxy) is 1. The van der Waals surface area contributed by atoms with Gasteiger partial charge in [-0.05, 0) is 17.9 Å². The molecule has 1 N–H and O–H groups in total. The van der Waals surface area contributed by atoms with Crippen molar-refractivity contribution in [2.24, 2.45) is 5.92 Å². The fourth-order valence-corrected chi connectivity index (χ4v) is 4.83. The third kappa shape index (κ3) is 2.56. The highest BCUT2D eigenvalue weighted by Gasteiger charge is 2.38. The van der Waals surface area contributed by atoms with E-state index in [-0.39, 0.29) is 22.9 Å². The highest BCUT2D eigenvalue weighted by atomic mass is 32.2. The lowest BCUT2D eigenvalue weighted by Crippen LogP contribution is -2.31. The van der Waals surface area contributed by atoms with E-state index in [2.05, 4.69) is 4.74 Å². The second-order valence-electron chi connectivity index (χ2n) is 4.29. The molecule has 1 aromatic heterocycles. The van der Waals surface area contributed by atoms with Gasteiger partial charge in [0.05, 0.1) is 13.0 Å². The van der Waals surface area contributed by atoms with Gasteiger partial charge in [-0.3, -0.25) is 4.79 Å². The van der Waals surface area contributed by atoms with E-state index in [0.29, 0.717) is 6.42 Å². The van der Waals surface area contributed by atoms with Gasteiger partial charge in [-0.1, -0.05) is 0 Å². The Kier molecular flexibility index (Phi) is 4.11. The molecule has 1 atom stereocenters. The second-order valence-corrected chi connectivity index (χ2v) is 7.11. The van der Waals surface area contributed by atoms with E-state index in [1.807, 2.05) is 0 Å². The van der Waals surface area contributed by atoms with Gasteiger partial charge in [0.25, 0.3) is 0 Å². The molecule has 2 rings (SSSR count). The first kappa shape index (κ1) is 14.9. The molecule has 110 valence electrons. The third-order valence-corrected chi connectivity index (χ3v) is 6.07. The number of nitrogens with zero attached hydrogens (tertiary/aromatic N) is 1. The van der Waals surface area contributed by atoms with Crippen LogP contribution in [0.1, 0.15) is 16.1 Å². The van der Waals surface area contributed by atoms with E-state index in [1.165, 1.54) is 18.6 Å². The number of carboxylic acid groups (broad SMARTS) is 1. The van der Waals surface area contributed by atoms with Crippen LogP contribution in [0.5, 0.6) is 0 Å². The van der Waals surface area contributed by atoms with Gasteiger partial charge in [-0.15, -0.1) is 11.3 Å². The molecule has 0 saturated carbocycles. The van der Waals surface area contributed by atoms with Crippen molar-refractivity contribution in [1.29, 1.82) is 0 Å². The third-order valence-electron chi connectivity index (χ3n) is 3.13. The Bertz CT molecular complexity index is 635. The minimum atomic E-state index is -3.89. The van der Waals surface area contributed by atoms with Gasteiger partial charge in [0.2, 0.25) is 10.0 Å². The van der Waals surface area contributed by atoms with Crippen molar-refractivity contribution in [2.75, 3.05) is 20.2 Å². The average molecular weight is 319 g/mol. The van der Waals surface area contributed by atoms with Gasteiger partial charge < -0.3 is 9.84 Å². The molecule has 1 aliphatic rings. The topological polar surface area (TPSA) is 101 Å². The van der Waals surface area contributed by atoms with E-state index < -0.39 is 27.9 Å². The van der Waals surface area contributed by atoms with E-state index in [0.717, 1.165) is 15.6 Å². The Labute approximate surface area is 119 Å². The van der Waals surface area contributed by atoms with Crippen LogP contribution in [-0.2, 0) is 19.6 Å². The minimum absolute atomic E-state index is 0.0178. The summed E-state index contributed by atoms with van der Waals surface area (Å²) in [6.07, 6.45) is 0.373. The van der Waals surface area contributed by atoms with Gasteiger partial charge in [0, 0.05) is 13.1 Å². The van der Waals surface area contributed by atoms with Gasteiger partial charge in [-0.2, -0.15) is 4.31 Å². The predicted molar refractivity (Wildman–Crippen MR) is 70.2 cm³/mol. The van der Waals surface area contributed by atoms with Crippen molar-refractivity contribution >= 4 is 33.3 Å². The number of aromatic carboxylic acids is 1. The largest absolute Gasteiger partial charge is 0.477 e. The summed E-state index contributed by atoms with van der Waals surface area (Å²) in [5.41, 5.74) is 0. The lowest BCUT2D eigenvalue weighted by atomic mass is 10.1. The van der Waals surface area contributed by atoms with Crippen LogP contribution in [0.3, 0.4) is 0 Å². The summed E-state index contributed by atoms with van der Waals surface area (Å²) in [7, 11) is -2.64. The summed E-state index contributed by atoms with van der Waals surface area (Å²) in [6.45, 7) is 0.195. The summed E-state index contributed by atoms with van der Waals surface area (Å²) in [4.78, 5) is 22.0. The molecule has 1 fully saturated rings. The fraction of sp³-hybridized carbons (Fsp3) is 0.455. The standard InChI is InChI=1S/C11H13NO6S2/c1-18-11(15)7-2-4-12(6-7)20(16,17)8-3-5-19-9(8)10(13)14/h3,5,7H,2,4,6H2,1H3,(H,13,14). The molecule has 0 spiro atoms. The maximum Gasteiger partial charge on any atom is 0.347 e. The molecule has 0 radical (unpaired) electrons. The Hall–Kier alpha value is -1.45. The van der Waals surface area contributed by atoms with Crippen molar-refractivity contribution in [2.45, 2.75) is 11.3 Å². The first-order valence-electron chi connectivity index (χ1n) is 5.76. The number of rotatable bonds is 4. The maximum absolute atomic E-state index is 12.4. The zero-order valence-corrected chi connectivity index (χ0v) is 12.2. The van der Waals surface area contributed by atoms with Crippen molar-refractivity contribution in [3.8, 4) is 0 Å². The molecule has 0 amide bonds. The number of carbonyl (C=O) groups is 2.